The molecule has 96 valence electrons. The lowest BCUT2D eigenvalue weighted by Crippen LogP contribution is -2.25. The van der Waals surface area contributed by atoms with Gasteiger partial charge in [0.25, 0.3) is 5.91 Å². The number of hydrogen-bond donors (Lipinski definition) is 2. The van der Waals surface area contributed by atoms with Crippen molar-refractivity contribution in [1.82, 2.24) is 20.3 Å². The summed E-state index contributed by atoms with van der Waals surface area (Å²) < 4.78 is 1.68. The molecule has 1 aromatic rings. The minimum absolute atomic E-state index is 0.0708. The Balaban J connectivity index is 2.41. The molecule has 6 heteroatoms. The molecule has 0 saturated heterocycles. The topological polar surface area (TPSA) is 80.0 Å². The van der Waals surface area contributed by atoms with Crippen LogP contribution in [0.3, 0.4) is 0 Å². The zero-order chi connectivity index (χ0) is 12.7. The zero-order valence-electron chi connectivity index (χ0n) is 10.4. The van der Waals surface area contributed by atoms with Gasteiger partial charge in [-0.05, 0) is 18.8 Å². The normalized spacial score (nSPS) is 10.8. The number of hydrogen-bond acceptors (Lipinski definition) is 4. The molecular formula is C11H20N4O2. The molecule has 1 aromatic heterocycles. The van der Waals surface area contributed by atoms with E-state index in [2.05, 4.69) is 29.5 Å². The van der Waals surface area contributed by atoms with Gasteiger partial charge in [0.1, 0.15) is 0 Å². The third-order valence-electron chi connectivity index (χ3n) is 2.33. The standard InChI is InChI=1S/C11H20N4O2/c1-9(2)4-6-15-8-10(13-14-15)11(17)12-5-3-7-16/h8-9,16H,3-7H2,1-2H3,(H,12,17). The minimum Gasteiger partial charge on any atom is -0.396 e. The fourth-order valence-corrected chi connectivity index (χ4v) is 1.27. The highest BCUT2D eigenvalue weighted by atomic mass is 16.3. The van der Waals surface area contributed by atoms with Gasteiger partial charge >= 0.3 is 0 Å². The number of aliphatic hydroxyl groups is 1. The average Bonchev–Trinajstić information content (AvgIpc) is 2.75. The molecule has 0 fully saturated rings. The van der Waals surface area contributed by atoms with Crippen molar-refractivity contribution in [2.45, 2.75) is 33.2 Å². The van der Waals surface area contributed by atoms with Crippen molar-refractivity contribution in [3.05, 3.63) is 11.9 Å². The van der Waals surface area contributed by atoms with E-state index >= 15 is 0 Å². The predicted octanol–water partition coefficient (Wildman–Crippen LogP) is 0.436. The molecule has 1 amide bonds. The van der Waals surface area contributed by atoms with E-state index in [1.807, 2.05) is 0 Å². The van der Waals surface area contributed by atoms with E-state index < -0.39 is 0 Å². The monoisotopic (exact) mass is 240 g/mol. The summed E-state index contributed by atoms with van der Waals surface area (Å²) in [5.74, 6) is 0.357. The van der Waals surface area contributed by atoms with Gasteiger partial charge in [0.2, 0.25) is 0 Å². The van der Waals surface area contributed by atoms with Crippen molar-refractivity contribution in [1.29, 1.82) is 0 Å². The quantitative estimate of drug-likeness (QED) is 0.678. The Kier molecular flexibility index (Phi) is 5.62. The molecule has 0 aliphatic carbocycles. The summed E-state index contributed by atoms with van der Waals surface area (Å²) >= 11 is 0. The fraction of sp³-hybridized carbons (Fsp3) is 0.727. The Morgan fingerprint density at radius 3 is 3.00 bits per heavy atom. The molecule has 0 saturated carbocycles. The number of carbonyl (C=O) groups is 1. The van der Waals surface area contributed by atoms with Gasteiger partial charge in [0.15, 0.2) is 5.69 Å². The molecule has 0 aromatic carbocycles. The molecule has 0 bridgehead atoms. The summed E-state index contributed by atoms with van der Waals surface area (Å²) in [6, 6.07) is 0. The lowest BCUT2D eigenvalue weighted by atomic mass is 10.1. The molecule has 0 aliphatic rings. The van der Waals surface area contributed by atoms with Crippen molar-refractivity contribution in [2.75, 3.05) is 13.2 Å². The Morgan fingerprint density at radius 2 is 2.35 bits per heavy atom. The maximum atomic E-state index is 11.6. The summed E-state index contributed by atoms with van der Waals surface area (Å²) in [5.41, 5.74) is 0.326. The van der Waals surface area contributed by atoms with Crippen LogP contribution in [-0.4, -0.2) is 39.2 Å². The first-order valence-electron chi connectivity index (χ1n) is 5.92. The van der Waals surface area contributed by atoms with Gasteiger partial charge in [-0.2, -0.15) is 0 Å². The molecule has 0 aliphatic heterocycles. The van der Waals surface area contributed by atoms with Gasteiger partial charge in [-0.1, -0.05) is 19.1 Å². The first-order valence-corrected chi connectivity index (χ1v) is 5.92. The average molecular weight is 240 g/mol. The van der Waals surface area contributed by atoms with Gasteiger partial charge in [-0.15, -0.1) is 5.10 Å². The van der Waals surface area contributed by atoms with Crippen molar-refractivity contribution in [2.24, 2.45) is 5.92 Å². The number of rotatable bonds is 7. The second-order valence-electron chi connectivity index (χ2n) is 4.38. The van der Waals surface area contributed by atoms with Crippen LogP contribution in [0.4, 0.5) is 0 Å². The van der Waals surface area contributed by atoms with Gasteiger partial charge < -0.3 is 10.4 Å². The molecule has 0 atom stereocenters. The van der Waals surface area contributed by atoms with E-state index in [0.717, 1.165) is 13.0 Å². The van der Waals surface area contributed by atoms with E-state index in [1.54, 1.807) is 10.9 Å². The first kappa shape index (κ1) is 13.6. The highest BCUT2D eigenvalue weighted by molar-refractivity contribution is 5.91. The number of amides is 1. The molecular weight excluding hydrogens is 220 g/mol. The van der Waals surface area contributed by atoms with Crippen LogP contribution in [0.1, 0.15) is 37.2 Å². The summed E-state index contributed by atoms with van der Waals surface area (Å²) in [5, 5.41) is 19.0. The van der Waals surface area contributed by atoms with E-state index in [1.165, 1.54) is 0 Å². The molecule has 0 unspecified atom stereocenters. The van der Waals surface area contributed by atoms with E-state index in [4.69, 9.17) is 5.11 Å². The molecule has 0 radical (unpaired) electrons. The number of aryl methyl sites for hydroxylation is 1. The second kappa shape index (κ2) is 7.01. The van der Waals surface area contributed by atoms with Gasteiger partial charge in [0, 0.05) is 19.7 Å². The number of nitrogens with zero attached hydrogens (tertiary/aromatic N) is 3. The van der Waals surface area contributed by atoms with Gasteiger partial charge in [-0.25, -0.2) is 0 Å². The van der Waals surface area contributed by atoms with Crippen LogP contribution < -0.4 is 5.32 Å². The van der Waals surface area contributed by atoms with Gasteiger partial charge in [-0.3, -0.25) is 9.48 Å². The summed E-state index contributed by atoms with van der Waals surface area (Å²) in [6.07, 6.45) is 3.21. The van der Waals surface area contributed by atoms with Crippen LogP contribution in [-0.2, 0) is 6.54 Å². The largest absolute Gasteiger partial charge is 0.396 e. The Morgan fingerprint density at radius 1 is 1.59 bits per heavy atom. The SMILES string of the molecule is CC(C)CCn1cc(C(=O)NCCCO)nn1. The third kappa shape index (κ3) is 4.95. The van der Waals surface area contributed by atoms with E-state index in [-0.39, 0.29) is 12.5 Å². The Hall–Kier alpha value is -1.43. The van der Waals surface area contributed by atoms with Crippen LogP contribution in [0, 0.1) is 5.92 Å². The van der Waals surface area contributed by atoms with Crippen LogP contribution in [0.2, 0.25) is 0 Å². The number of carbonyl (C=O) groups excluding carboxylic acids is 1. The first-order chi connectivity index (χ1) is 8.13. The Labute approximate surface area is 101 Å². The van der Waals surface area contributed by atoms with Gasteiger partial charge in [0.05, 0.1) is 6.20 Å². The minimum atomic E-state index is -0.241. The summed E-state index contributed by atoms with van der Waals surface area (Å²) in [6.45, 7) is 5.57. The van der Waals surface area contributed by atoms with Crippen molar-refractivity contribution in [3.8, 4) is 0 Å². The highest BCUT2D eigenvalue weighted by Crippen LogP contribution is 2.02. The van der Waals surface area contributed by atoms with Crippen molar-refractivity contribution < 1.29 is 9.90 Å². The van der Waals surface area contributed by atoms with E-state index in [0.29, 0.717) is 24.6 Å². The van der Waals surface area contributed by atoms with Crippen LogP contribution in [0.25, 0.3) is 0 Å². The predicted molar refractivity (Wildman–Crippen MR) is 63.5 cm³/mol. The highest BCUT2D eigenvalue weighted by Gasteiger charge is 2.09. The zero-order valence-corrected chi connectivity index (χ0v) is 10.4. The number of aromatic nitrogens is 3. The molecule has 0 spiro atoms. The van der Waals surface area contributed by atoms with Crippen molar-refractivity contribution in [3.63, 3.8) is 0 Å². The lowest BCUT2D eigenvalue weighted by molar-refractivity contribution is 0.0946. The van der Waals surface area contributed by atoms with Crippen LogP contribution >= 0.6 is 0 Å². The maximum Gasteiger partial charge on any atom is 0.273 e. The number of aliphatic hydroxyl groups excluding tert-OH is 1. The lowest BCUT2D eigenvalue weighted by Gasteiger charge is -2.02. The second-order valence-corrected chi connectivity index (χ2v) is 4.38. The molecule has 1 rings (SSSR count). The molecule has 6 nitrogen and oxygen atoms in total. The molecule has 2 N–H and O–H groups in total. The summed E-state index contributed by atoms with van der Waals surface area (Å²) in [7, 11) is 0. The van der Waals surface area contributed by atoms with Crippen LogP contribution in [0.5, 0.6) is 0 Å². The number of nitrogens with one attached hydrogen (secondary N) is 1. The molecule has 1 heterocycles. The third-order valence-corrected chi connectivity index (χ3v) is 2.33. The van der Waals surface area contributed by atoms with E-state index in [9.17, 15) is 4.79 Å². The fourth-order valence-electron chi connectivity index (χ4n) is 1.27. The Bertz CT molecular complexity index is 349. The van der Waals surface area contributed by atoms with Crippen molar-refractivity contribution >= 4 is 5.91 Å². The smallest absolute Gasteiger partial charge is 0.273 e. The summed E-state index contributed by atoms with van der Waals surface area (Å²) in [4.78, 5) is 11.6. The maximum absolute atomic E-state index is 11.6. The molecule has 17 heavy (non-hydrogen) atoms. The van der Waals surface area contributed by atoms with Crippen LogP contribution in [0.15, 0.2) is 6.20 Å².